The minimum Gasteiger partial charge on any atom is -0.465 e. The van der Waals surface area contributed by atoms with Gasteiger partial charge in [0.05, 0.1) is 12.4 Å². The molecule has 2 N–H and O–H groups in total. The Balaban J connectivity index is 2.69. The van der Waals surface area contributed by atoms with Crippen LogP contribution < -0.4 is 5.73 Å². The second-order valence-corrected chi connectivity index (χ2v) is 4.45. The van der Waals surface area contributed by atoms with Crippen molar-refractivity contribution in [2.24, 2.45) is 0 Å². The summed E-state index contributed by atoms with van der Waals surface area (Å²) in [6.45, 7) is 3.60. The molecule has 92 valence electrons. The minimum absolute atomic E-state index is 0.0823. The molecule has 0 aromatic heterocycles. The van der Waals surface area contributed by atoms with Crippen molar-refractivity contribution in [2.75, 3.05) is 18.1 Å². The van der Waals surface area contributed by atoms with Crippen LogP contribution >= 0.6 is 11.8 Å². The summed E-state index contributed by atoms with van der Waals surface area (Å²) in [7, 11) is 0. The van der Waals surface area contributed by atoms with Gasteiger partial charge in [0, 0.05) is 16.1 Å². The minimum atomic E-state index is -0.265. The van der Waals surface area contributed by atoms with Crippen molar-refractivity contribution in [3.63, 3.8) is 0 Å². The number of hydrogen-bond donors (Lipinski definition) is 1. The number of carbonyl (C=O) groups excluding carboxylic acids is 2. The summed E-state index contributed by atoms with van der Waals surface area (Å²) in [5.41, 5.74) is 6.61. The summed E-state index contributed by atoms with van der Waals surface area (Å²) >= 11 is 1.33. The van der Waals surface area contributed by atoms with E-state index in [-0.39, 0.29) is 17.5 Å². The highest BCUT2D eigenvalue weighted by Gasteiger charge is 2.08. The molecule has 5 heteroatoms. The van der Waals surface area contributed by atoms with E-state index in [4.69, 9.17) is 10.5 Å². The maximum atomic E-state index is 11.3. The van der Waals surface area contributed by atoms with Gasteiger partial charge in [-0.15, -0.1) is 11.8 Å². The van der Waals surface area contributed by atoms with Gasteiger partial charge in [0.25, 0.3) is 0 Å². The van der Waals surface area contributed by atoms with E-state index in [0.29, 0.717) is 17.9 Å². The standard InChI is InChI=1S/C12H15NO3S/c1-3-16-12(15)7-17-9-4-5-11(13)10(6-9)8(2)14/h4-6H,3,7,13H2,1-2H3. The number of rotatable bonds is 5. The molecule has 0 unspecified atom stereocenters. The summed E-state index contributed by atoms with van der Waals surface area (Å²) in [5.74, 6) is -0.116. The van der Waals surface area contributed by atoms with Crippen LogP contribution in [-0.4, -0.2) is 24.1 Å². The summed E-state index contributed by atoms with van der Waals surface area (Å²) < 4.78 is 4.81. The van der Waals surface area contributed by atoms with E-state index >= 15 is 0 Å². The number of ketones is 1. The van der Waals surface area contributed by atoms with Crippen molar-refractivity contribution in [1.29, 1.82) is 0 Å². The van der Waals surface area contributed by atoms with Crippen molar-refractivity contribution in [1.82, 2.24) is 0 Å². The lowest BCUT2D eigenvalue weighted by Gasteiger charge is -2.06. The lowest BCUT2D eigenvalue weighted by Crippen LogP contribution is -2.06. The van der Waals surface area contributed by atoms with Crippen LogP contribution in [0.4, 0.5) is 5.69 Å². The third kappa shape index (κ3) is 4.11. The molecular formula is C12H15NO3S. The summed E-state index contributed by atoms with van der Waals surface area (Å²) in [4.78, 5) is 23.3. The second-order valence-electron chi connectivity index (χ2n) is 3.40. The average Bonchev–Trinajstić information content (AvgIpc) is 2.28. The van der Waals surface area contributed by atoms with Gasteiger partial charge in [0.1, 0.15) is 0 Å². The molecule has 0 aliphatic rings. The van der Waals surface area contributed by atoms with E-state index in [1.165, 1.54) is 18.7 Å². The van der Waals surface area contributed by atoms with E-state index in [9.17, 15) is 9.59 Å². The molecule has 0 saturated carbocycles. The Labute approximate surface area is 105 Å². The topological polar surface area (TPSA) is 69.4 Å². The van der Waals surface area contributed by atoms with Crippen LogP contribution in [0.2, 0.25) is 0 Å². The number of Topliss-reactive ketones (excluding diaryl/α,β-unsaturated/α-hetero) is 1. The first-order valence-corrected chi connectivity index (χ1v) is 6.22. The monoisotopic (exact) mass is 253 g/mol. The molecule has 1 aromatic rings. The fraction of sp³-hybridized carbons (Fsp3) is 0.333. The van der Waals surface area contributed by atoms with Gasteiger partial charge in [0.2, 0.25) is 0 Å². The largest absolute Gasteiger partial charge is 0.465 e. The van der Waals surface area contributed by atoms with Crippen LogP contribution in [0.15, 0.2) is 23.1 Å². The van der Waals surface area contributed by atoms with Crippen LogP contribution in [0.5, 0.6) is 0 Å². The number of carbonyl (C=O) groups is 2. The summed E-state index contributed by atoms with van der Waals surface area (Å²) in [6, 6.07) is 5.15. The third-order valence-electron chi connectivity index (χ3n) is 2.07. The quantitative estimate of drug-likeness (QED) is 0.377. The smallest absolute Gasteiger partial charge is 0.316 e. The molecule has 0 amide bonds. The first kappa shape index (κ1) is 13.6. The van der Waals surface area contributed by atoms with Crippen LogP contribution in [-0.2, 0) is 9.53 Å². The fourth-order valence-electron chi connectivity index (χ4n) is 1.27. The second kappa shape index (κ2) is 6.30. The Bertz CT molecular complexity index is 432. The molecule has 1 rings (SSSR count). The highest BCUT2D eigenvalue weighted by Crippen LogP contribution is 2.23. The van der Waals surface area contributed by atoms with Gasteiger partial charge in [-0.2, -0.15) is 0 Å². The first-order chi connectivity index (χ1) is 8.04. The van der Waals surface area contributed by atoms with Crippen LogP contribution in [0, 0.1) is 0 Å². The Morgan fingerprint density at radius 1 is 1.41 bits per heavy atom. The van der Waals surface area contributed by atoms with E-state index in [1.54, 1.807) is 25.1 Å². The van der Waals surface area contributed by atoms with E-state index in [2.05, 4.69) is 0 Å². The molecule has 0 atom stereocenters. The van der Waals surface area contributed by atoms with Gasteiger partial charge < -0.3 is 10.5 Å². The van der Waals surface area contributed by atoms with Crippen molar-refractivity contribution < 1.29 is 14.3 Å². The van der Waals surface area contributed by atoms with Crippen LogP contribution in [0.25, 0.3) is 0 Å². The van der Waals surface area contributed by atoms with Gasteiger partial charge in [-0.05, 0) is 32.0 Å². The highest BCUT2D eigenvalue weighted by molar-refractivity contribution is 8.00. The Hall–Kier alpha value is -1.49. The van der Waals surface area contributed by atoms with E-state index < -0.39 is 0 Å². The Kier molecular flexibility index (Phi) is 5.03. The molecular weight excluding hydrogens is 238 g/mol. The van der Waals surface area contributed by atoms with Crippen molar-refractivity contribution >= 4 is 29.2 Å². The normalized spacial score (nSPS) is 10.0. The number of nitrogen functional groups attached to an aromatic ring is 1. The number of nitrogens with two attached hydrogens (primary N) is 1. The van der Waals surface area contributed by atoms with Crippen LogP contribution in [0.1, 0.15) is 24.2 Å². The van der Waals surface area contributed by atoms with Crippen molar-refractivity contribution in [2.45, 2.75) is 18.7 Å². The maximum absolute atomic E-state index is 11.3. The summed E-state index contributed by atoms with van der Waals surface area (Å²) in [5, 5.41) is 0. The Morgan fingerprint density at radius 2 is 2.12 bits per heavy atom. The average molecular weight is 253 g/mol. The van der Waals surface area contributed by atoms with Gasteiger partial charge >= 0.3 is 5.97 Å². The van der Waals surface area contributed by atoms with Crippen molar-refractivity contribution in [3.05, 3.63) is 23.8 Å². The lowest BCUT2D eigenvalue weighted by atomic mass is 10.1. The number of hydrogen-bond acceptors (Lipinski definition) is 5. The molecule has 0 spiro atoms. The number of esters is 1. The molecule has 0 aliphatic carbocycles. The molecule has 17 heavy (non-hydrogen) atoms. The lowest BCUT2D eigenvalue weighted by molar-refractivity contribution is -0.139. The SMILES string of the molecule is CCOC(=O)CSc1ccc(N)c(C(C)=O)c1. The zero-order valence-electron chi connectivity index (χ0n) is 9.86. The molecule has 0 aliphatic heterocycles. The van der Waals surface area contributed by atoms with E-state index in [0.717, 1.165) is 4.90 Å². The predicted octanol–water partition coefficient (Wildman–Crippen LogP) is 2.13. The molecule has 0 saturated heterocycles. The fourth-order valence-corrected chi connectivity index (χ4v) is 2.01. The number of thioether (sulfide) groups is 1. The summed E-state index contributed by atoms with van der Waals surface area (Å²) in [6.07, 6.45) is 0. The number of benzene rings is 1. The zero-order chi connectivity index (χ0) is 12.8. The number of ether oxygens (including phenoxy) is 1. The molecule has 0 bridgehead atoms. The van der Waals surface area contributed by atoms with Gasteiger partial charge in [-0.1, -0.05) is 0 Å². The molecule has 1 aromatic carbocycles. The van der Waals surface area contributed by atoms with E-state index in [1.807, 2.05) is 0 Å². The Morgan fingerprint density at radius 3 is 2.71 bits per heavy atom. The first-order valence-electron chi connectivity index (χ1n) is 5.23. The zero-order valence-corrected chi connectivity index (χ0v) is 10.7. The predicted molar refractivity (Wildman–Crippen MR) is 68.2 cm³/mol. The van der Waals surface area contributed by atoms with Gasteiger partial charge in [0.15, 0.2) is 5.78 Å². The van der Waals surface area contributed by atoms with Gasteiger partial charge in [-0.25, -0.2) is 0 Å². The number of anilines is 1. The highest BCUT2D eigenvalue weighted by atomic mass is 32.2. The molecule has 0 heterocycles. The molecule has 0 radical (unpaired) electrons. The molecule has 0 fully saturated rings. The van der Waals surface area contributed by atoms with Crippen molar-refractivity contribution in [3.8, 4) is 0 Å². The maximum Gasteiger partial charge on any atom is 0.316 e. The van der Waals surface area contributed by atoms with Crippen LogP contribution in [0.3, 0.4) is 0 Å². The van der Waals surface area contributed by atoms with Gasteiger partial charge in [-0.3, -0.25) is 9.59 Å². The third-order valence-corrected chi connectivity index (χ3v) is 3.03. The molecule has 4 nitrogen and oxygen atoms in total.